The SMILES string of the molecule is CCCC1=Cc2c(ccc(CCC)c2-c2ccccc2CC)[CH]1[Zr]([Cl])([Cl])[c]1cccc2c1[SiH2]c1ccccc1-2. The first kappa shape index (κ1) is 27.5. The van der Waals surface area contributed by atoms with E-state index in [1.165, 1.54) is 63.7 Å². The van der Waals surface area contributed by atoms with Crippen molar-refractivity contribution in [3.05, 3.63) is 107 Å². The molecule has 1 atom stereocenters. The maximum absolute atomic E-state index is 7.87. The summed E-state index contributed by atoms with van der Waals surface area (Å²) in [6, 6.07) is 29.4. The molecule has 0 saturated heterocycles. The third-order valence-electron chi connectivity index (χ3n) is 8.68. The molecule has 0 aromatic heterocycles. The minimum absolute atomic E-state index is 0.144. The van der Waals surface area contributed by atoms with E-state index in [4.69, 9.17) is 17.0 Å². The van der Waals surface area contributed by atoms with Crippen molar-refractivity contribution < 1.29 is 17.9 Å². The minimum atomic E-state index is -3.95. The molecule has 0 spiro atoms. The van der Waals surface area contributed by atoms with Gasteiger partial charge in [0.2, 0.25) is 0 Å². The summed E-state index contributed by atoms with van der Waals surface area (Å²) in [7, 11) is 15.1. The van der Waals surface area contributed by atoms with Gasteiger partial charge in [-0.2, -0.15) is 0 Å². The summed E-state index contributed by atoms with van der Waals surface area (Å²) in [6.45, 7) is 6.82. The van der Waals surface area contributed by atoms with Crippen molar-refractivity contribution in [3.63, 3.8) is 0 Å². The van der Waals surface area contributed by atoms with Crippen LogP contribution in [0.1, 0.15) is 65.9 Å². The first-order valence-corrected chi connectivity index (χ1v) is 24.9. The molecule has 1 aliphatic heterocycles. The Morgan fingerprint density at radius 1 is 0.718 bits per heavy atom. The molecule has 0 bridgehead atoms. The van der Waals surface area contributed by atoms with Gasteiger partial charge in [0.1, 0.15) is 0 Å². The number of halogens is 2. The molecule has 0 radical (unpaired) electrons. The first-order chi connectivity index (χ1) is 19.0. The van der Waals surface area contributed by atoms with E-state index in [1.807, 2.05) is 0 Å². The summed E-state index contributed by atoms with van der Waals surface area (Å²) in [5, 5.41) is 3.03. The summed E-state index contributed by atoms with van der Waals surface area (Å²) >= 11 is -3.95. The Balaban J connectivity index is 1.55. The second kappa shape index (κ2) is 11.3. The van der Waals surface area contributed by atoms with Gasteiger partial charge in [0.15, 0.2) is 0 Å². The van der Waals surface area contributed by atoms with Gasteiger partial charge in [-0.05, 0) is 0 Å². The molecular weight excluding hydrogens is 611 g/mol. The quantitative estimate of drug-likeness (QED) is 0.150. The van der Waals surface area contributed by atoms with Crippen molar-refractivity contribution in [1.29, 1.82) is 0 Å². The van der Waals surface area contributed by atoms with Crippen molar-refractivity contribution in [1.82, 2.24) is 0 Å². The van der Waals surface area contributed by atoms with Gasteiger partial charge >= 0.3 is 250 Å². The molecule has 1 unspecified atom stereocenters. The van der Waals surface area contributed by atoms with Crippen molar-refractivity contribution in [3.8, 4) is 22.3 Å². The second-order valence-corrected chi connectivity index (χ2v) is 26.9. The molecule has 4 aromatic carbocycles. The molecular formula is C35H36Cl2SiZr. The van der Waals surface area contributed by atoms with Gasteiger partial charge in [-0.15, -0.1) is 0 Å². The molecule has 4 heteroatoms. The number of allylic oxidation sites excluding steroid dienone is 1. The summed E-state index contributed by atoms with van der Waals surface area (Å²) in [5.74, 6) is 0. The molecule has 4 aromatic rings. The van der Waals surface area contributed by atoms with Gasteiger partial charge < -0.3 is 0 Å². The van der Waals surface area contributed by atoms with Crippen LogP contribution in [0.15, 0.2) is 84.4 Å². The number of hydrogen-bond donors (Lipinski definition) is 0. The van der Waals surface area contributed by atoms with Crippen LogP contribution in [0.4, 0.5) is 0 Å². The first-order valence-electron chi connectivity index (χ1n) is 14.5. The Morgan fingerprint density at radius 3 is 2.21 bits per heavy atom. The van der Waals surface area contributed by atoms with Crippen LogP contribution in [-0.4, -0.2) is 9.52 Å². The molecule has 0 amide bonds. The summed E-state index contributed by atoms with van der Waals surface area (Å²) in [5.41, 5.74) is 12.6. The maximum atomic E-state index is 7.87. The Labute approximate surface area is 247 Å². The van der Waals surface area contributed by atoms with E-state index in [0.29, 0.717) is 0 Å². The standard InChI is InChI=1S/C23H27.C12H9Si.2ClH.Zr/c1-4-9-17-15-20-14-13-19(10-5-2)23(22(20)16-17)21-12-8-7-11-18(21)6-3;1-3-7-11-9(5-1)10-6-2-4-8-12(10)13-11;;;/h7-8,11-16H,4-6,9-10H2,1-3H3;1-7H,13H2;2*1H;/q;;;;+2/p-2. The second-order valence-electron chi connectivity index (χ2n) is 11.1. The fourth-order valence-electron chi connectivity index (χ4n) is 6.98. The van der Waals surface area contributed by atoms with Crippen LogP contribution in [0, 0.1) is 0 Å². The van der Waals surface area contributed by atoms with Crippen molar-refractivity contribution in [2.24, 2.45) is 0 Å². The third-order valence-corrected chi connectivity index (χ3v) is 23.0. The Morgan fingerprint density at radius 2 is 1.44 bits per heavy atom. The summed E-state index contributed by atoms with van der Waals surface area (Å²) in [6.07, 6.45) is 7.87. The zero-order chi connectivity index (χ0) is 27.1. The molecule has 0 N–H and O–H groups in total. The van der Waals surface area contributed by atoms with E-state index >= 15 is 0 Å². The molecule has 0 nitrogen and oxygen atoms in total. The van der Waals surface area contributed by atoms with Gasteiger partial charge in [0.05, 0.1) is 0 Å². The van der Waals surface area contributed by atoms with Gasteiger partial charge in [-0.25, -0.2) is 0 Å². The monoisotopic (exact) mass is 644 g/mol. The summed E-state index contributed by atoms with van der Waals surface area (Å²) in [4.78, 5) is 0. The zero-order valence-corrected chi connectivity index (χ0v) is 28.5. The zero-order valence-electron chi connectivity index (χ0n) is 23.2. The van der Waals surface area contributed by atoms with Gasteiger partial charge in [-0.1, -0.05) is 0 Å². The van der Waals surface area contributed by atoms with Crippen LogP contribution < -0.4 is 13.6 Å². The van der Waals surface area contributed by atoms with E-state index in [0.717, 1.165) is 32.1 Å². The van der Waals surface area contributed by atoms with Crippen LogP contribution in [-0.2, 0) is 30.7 Å². The molecule has 1 heterocycles. The molecule has 2 aliphatic rings. The average molecular weight is 647 g/mol. The predicted octanol–water partition coefficient (Wildman–Crippen LogP) is 7.99. The van der Waals surface area contributed by atoms with E-state index in [9.17, 15) is 0 Å². The topological polar surface area (TPSA) is 0 Å². The van der Waals surface area contributed by atoms with Crippen molar-refractivity contribution in [2.45, 2.75) is 56.5 Å². The Bertz CT molecular complexity index is 1590. The Hall–Kier alpha value is -1.70. The molecule has 0 saturated carbocycles. The predicted molar refractivity (Wildman–Crippen MR) is 172 cm³/mol. The molecule has 1 aliphatic carbocycles. The molecule has 198 valence electrons. The van der Waals surface area contributed by atoms with Crippen molar-refractivity contribution in [2.75, 3.05) is 0 Å². The third kappa shape index (κ3) is 4.70. The fraction of sp³-hybridized carbons (Fsp3) is 0.257. The molecule has 39 heavy (non-hydrogen) atoms. The van der Waals surface area contributed by atoms with Crippen LogP contribution in [0.25, 0.3) is 28.3 Å². The number of benzene rings is 4. The van der Waals surface area contributed by atoms with Gasteiger partial charge in [-0.3, -0.25) is 0 Å². The number of hydrogen-bond acceptors (Lipinski definition) is 0. The van der Waals surface area contributed by atoms with Crippen LogP contribution >= 0.6 is 17.0 Å². The normalized spacial score (nSPS) is 16.2. The fourth-order valence-corrected chi connectivity index (χ4v) is 23.8. The van der Waals surface area contributed by atoms with E-state index in [-0.39, 0.29) is 3.63 Å². The molecule has 6 rings (SSSR count). The van der Waals surface area contributed by atoms with Crippen LogP contribution in [0.2, 0.25) is 0 Å². The van der Waals surface area contributed by atoms with Crippen LogP contribution in [0.3, 0.4) is 0 Å². The van der Waals surface area contributed by atoms with Crippen LogP contribution in [0.5, 0.6) is 0 Å². The average Bonchev–Trinajstić information content (AvgIpc) is 3.52. The van der Waals surface area contributed by atoms with E-state index < -0.39 is 27.4 Å². The van der Waals surface area contributed by atoms with E-state index in [1.54, 1.807) is 0 Å². The van der Waals surface area contributed by atoms with E-state index in [2.05, 4.69) is 106 Å². The van der Waals surface area contributed by atoms with Gasteiger partial charge in [0.25, 0.3) is 0 Å². The number of rotatable bonds is 8. The molecule has 0 fully saturated rings. The Kier molecular flexibility index (Phi) is 7.95. The van der Waals surface area contributed by atoms with Crippen molar-refractivity contribution >= 4 is 46.3 Å². The summed E-state index contributed by atoms with van der Waals surface area (Å²) < 4.78 is 1.46. The van der Waals surface area contributed by atoms with Gasteiger partial charge in [0, 0.05) is 0 Å². The number of aryl methyl sites for hydroxylation is 2. The number of fused-ring (bicyclic) bond motifs is 4.